The second kappa shape index (κ2) is 9.74. The van der Waals surface area contributed by atoms with Gasteiger partial charge in [-0.15, -0.1) is 12.4 Å². The summed E-state index contributed by atoms with van der Waals surface area (Å²) in [4.78, 5) is 11.4. The molecule has 5 heteroatoms. The minimum Gasteiger partial charge on any atom is -0.484 e. The first-order valence-electron chi connectivity index (χ1n) is 5.83. The SMILES string of the molecule is CNCCCNC(=O)COc1cccc(C)c1.Cl. The maximum atomic E-state index is 11.4. The number of nitrogens with one attached hydrogen (secondary N) is 2. The van der Waals surface area contributed by atoms with E-state index < -0.39 is 0 Å². The highest BCUT2D eigenvalue weighted by Gasteiger charge is 2.01. The molecular formula is C13H21ClN2O2. The van der Waals surface area contributed by atoms with Crippen LogP contribution in [0.3, 0.4) is 0 Å². The lowest BCUT2D eigenvalue weighted by Gasteiger charge is -2.07. The highest BCUT2D eigenvalue weighted by Crippen LogP contribution is 2.11. The Bertz CT molecular complexity index is 359. The van der Waals surface area contributed by atoms with Gasteiger partial charge in [0.05, 0.1) is 0 Å². The summed E-state index contributed by atoms with van der Waals surface area (Å²) in [6, 6.07) is 7.66. The van der Waals surface area contributed by atoms with Crippen molar-refractivity contribution in [3.63, 3.8) is 0 Å². The van der Waals surface area contributed by atoms with Crippen molar-refractivity contribution in [2.75, 3.05) is 26.7 Å². The van der Waals surface area contributed by atoms with Crippen LogP contribution in [0.1, 0.15) is 12.0 Å². The molecule has 0 bridgehead atoms. The van der Waals surface area contributed by atoms with Crippen molar-refractivity contribution < 1.29 is 9.53 Å². The average molecular weight is 273 g/mol. The summed E-state index contributed by atoms with van der Waals surface area (Å²) in [6.07, 6.45) is 0.923. The summed E-state index contributed by atoms with van der Waals surface area (Å²) in [6.45, 7) is 3.64. The fourth-order valence-corrected chi connectivity index (χ4v) is 1.40. The van der Waals surface area contributed by atoms with Gasteiger partial charge in [0, 0.05) is 6.54 Å². The van der Waals surface area contributed by atoms with Crippen LogP contribution in [0.4, 0.5) is 0 Å². The molecule has 0 fully saturated rings. The molecule has 0 aliphatic rings. The lowest BCUT2D eigenvalue weighted by Crippen LogP contribution is -2.30. The van der Waals surface area contributed by atoms with Gasteiger partial charge in [0.2, 0.25) is 0 Å². The molecule has 1 rings (SSSR count). The lowest BCUT2D eigenvalue weighted by atomic mass is 10.2. The smallest absolute Gasteiger partial charge is 0.257 e. The Kier molecular flexibility index (Phi) is 9.06. The molecule has 2 N–H and O–H groups in total. The number of rotatable bonds is 7. The number of hydrogen-bond donors (Lipinski definition) is 2. The first kappa shape index (κ1) is 16.7. The number of carbonyl (C=O) groups is 1. The van der Waals surface area contributed by atoms with Crippen LogP contribution in [0.15, 0.2) is 24.3 Å². The van der Waals surface area contributed by atoms with Crippen molar-refractivity contribution in [1.29, 1.82) is 0 Å². The standard InChI is InChI=1S/C13H20N2O2.ClH/c1-11-5-3-6-12(9-11)17-10-13(16)15-8-4-7-14-2;/h3,5-6,9,14H,4,7-8,10H2,1-2H3,(H,15,16);1H. The zero-order chi connectivity index (χ0) is 12.5. The van der Waals surface area contributed by atoms with Crippen LogP contribution in [0.25, 0.3) is 0 Å². The van der Waals surface area contributed by atoms with Crippen LogP contribution < -0.4 is 15.4 Å². The number of carbonyl (C=O) groups excluding carboxylic acids is 1. The maximum Gasteiger partial charge on any atom is 0.257 e. The predicted molar refractivity (Wildman–Crippen MR) is 75.5 cm³/mol. The fourth-order valence-electron chi connectivity index (χ4n) is 1.40. The first-order valence-corrected chi connectivity index (χ1v) is 5.83. The Morgan fingerprint density at radius 3 is 2.78 bits per heavy atom. The molecule has 0 spiro atoms. The van der Waals surface area contributed by atoms with E-state index in [2.05, 4.69) is 10.6 Å². The van der Waals surface area contributed by atoms with Gasteiger partial charge in [-0.25, -0.2) is 0 Å². The molecule has 1 aromatic carbocycles. The fraction of sp³-hybridized carbons (Fsp3) is 0.462. The maximum absolute atomic E-state index is 11.4. The number of aryl methyl sites for hydroxylation is 1. The molecule has 0 saturated carbocycles. The van der Waals surface area contributed by atoms with Crippen molar-refractivity contribution in [2.45, 2.75) is 13.3 Å². The van der Waals surface area contributed by atoms with E-state index in [0.29, 0.717) is 6.54 Å². The highest BCUT2D eigenvalue weighted by molar-refractivity contribution is 5.85. The van der Waals surface area contributed by atoms with Crippen molar-refractivity contribution >= 4 is 18.3 Å². The van der Waals surface area contributed by atoms with Gasteiger partial charge in [0.25, 0.3) is 5.91 Å². The van der Waals surface area contributed by atoms with Crippen LogP contribution in [0.2, 0.25) is 0 Å². The van der Waals surface area contributed by atoms with Crippen LogP contribution in [0.5, 0.6) is 5.75 Å². The van der Waals surface area contributed by atoms with Gasteiger partial charge in [-0.1, -0.05) is 12.1 Å². The zero-order valence-electron chi connectivity index (χ0n) is 10.9. The first-order chi connectivity index (χ1) is 8.22. The van der Waals surface area contributed by atoms with E-state index in [1.54, 1.807) is 0 Å². The number of amides is 1. The van der Waals surface area contributed by atoms with Crippen molar-refractivity contribution in [3.8, 4) is 5.75 Å². The topological polar surface area (TPSA) is 50.4 Å². The van der Waals surface area contributed by atoms with E-state index >= 15 is 0 Å². The normalized spacial score (nSPS) is 9.44. The molecule has 1 amide bonds. The number of benzene rings is 1. The molecule has 0 radical (unpaired) electrons. The monoisotopic (exact) mass is 272 g/mol. The Balaban J connectivity index is 0.00000289. The van der Waals surface area contributed by atoms with Crippen LogP contribution in [-0.2, 0) is 4.79 Å². The molecule has 0 heterocycles. The second-order valence-corrected chi connectivity index (χ2v) is 3.91. The molecule has 102 valence electrons. The van der Waals surface area contributed by atoms with E-state index in [4.69, 9.17) is 4.74 Å². The van der Waals surface area contributed by atoms with Crippen LogP contribution >= 0.6 is 12.4 Å². The van der Waals surface area contributed by atoms with Gasteiger partial charge in [0.1, 0.15) is 5.75 Å². The highest BCUT2D eigenvalue weighted by atomic mass is 35.5. The van der Waals surface area contributed by atoms with Gasteiger partial charge in [-0.3, -0.25) is 4.79 Å². The molecular weight excluding hydrogens is 252 g/mol. The van der Waals surface area contributed by atoms with Gasteiger partial charge >= 0.3 is 0 Å². The van der Waals surface area contributed by atoms with Crippen molar-refractivity contribution in [3.05, 3.63) is 29.8 Å². The predicted octanol–water partition coefficient (Wildman–Crippen LogP) is 1.52. The third-order valence-electron chi connectivity index (χ3n) is 2.29. The van der Waals surface area contributed by atoms with Crippen LogP contribution in [-0.4, -0.2) is 32.7 Å². The molecule has 18 heavy (non-hydrogen) atoms. The molecule has 0 atom stereocenters. The molecule has 1 aromatic rings. The van der Waals surface area contributed by atoms with E-state index in [-0.39, 0.29) is 24.9 Å². The summed E-state index contributed by atoms with van der Waals surface area (Å²) >= 11 is 0. The summed E-state index contributed by atoms with van der Waals surface area (Å²) in [5, 5.41) is 5.82. The minimum atomic E-state index is -0.0809. The minimum absolute atomic E-state index is 0. The van der Waals surface area contributed by atoms with Crippen molar-refractivity contribution in [1.82, 2.24) is 10.6 Å². The Morgan fingerprint density at radius 2 is 2.11 bits per heavy atom. The summed E-state index contributed by atoms with van der Waals surface area (Å²) in [5.74, 6) is 0.651. The van der Waals surface area contributed by atoms with E-state index in [0.717, 1.165) is 24.3 Å². The largest absolute Gasteiger partial charge is 0.484 e. The van der Waals surface area contributed by atoms with E-state index in [9.17, 15) is 4.79 Å². The quantitative estimate of drug-likeness (QED) is 0.740. The lowest BCUT2D eigenvalue weighted by molar-refractivity contribution is -0.123. The number of halogens is 1. The van der Waals surface area contributed by atoms with E-state index in [1.165, 1.54) is 0 Å². The van der Waals surface area contributed by atoms with Crippen LogP contribution in [0, 0.1) is 6.92 Å². The molecule has 0 aliphatic carbocycles. The summed E-state index contributed by atoms with van der Waals surface area (Å²) in [5.41, 5.74) is 1.12. The third-order valence-corrected chi connectivity index (χ3v) is 2.29. The zero-order valence-corrected chi connectivity index (χ0v) is 11.7. The summed E-state index contributed by atoms with van der Waals surface area (Å²) in [7, 11) is 1.89. The molecule has 0 aliphatic heterocycles. The Morgan fingerprint density at radius 1 is 1.33 bits per heavy atom. The average Bonchev–Trinajstić information content (AvgIpc) is 2.32. The van der Waals surface area contributed by atoms with Gasteiger partial charge < -0.3 is 15.4 Å². The second-order valence-electron chi connectivity index (χ2n) is 3.91. The Labute approximate surface area is 115 Å². The van der Waals surface area contributed by atoms with Gasteiger partial charge in [-0.05, 0) is 44.6 Å². The van der Waals surface area contributed by atoms with Gasteiger partial charge in [0.15, 0.2) is 6.61 Å². The van der Waals surface area contributed by atoms with E-state index in [1.807, 2.05) is 38.2 Å². The molecule has 0 aromatic heterocycles. The number of hydrogen-bond acceptors (Lipinski definition) is 3. The van der Waals surface area contributed by atoms with Crippen molar-refractivity contribution in [2.24, 2.45) is 0 Å². The molecule has 0 saturated heterocycles. The summed E-state index contributed by atoms with van der Waals surface area (Å²) < 4.78 is 5.38. The third kappa shape index (κ3) is 7.14. The Hall–Kier alpha value is -1.26. The van der Waals surface area contributed by atoms with Gasteiger partial charge in [-0.2, -0.15) is 0 Å². The molecule has 4 nitrogen and oxygen atoms in total. The number of ether oxygens (including phenoxy) is 1. The molecule has 0 unspecified atom stereocenters.